The summed E-state index contributed by atoms with van der Waals surface area (Å²) in [5, 5.41) is 6.48. The van der Waals surface area contributed by atoms with Gasteiger partial charge in [0.25, 0.3) is 0 Å². The molecule has 3 rings (SSSR count). The van der Waals surface area contributed by atoms with Crippen LogP contribution in [0.5, 0.6) is 0 Å². The summed E-state index contributed by atoms with van der Waals surface area (Å²) in [6, 6.07) is 15.5. The molecule has 1 fully saturated rings. The van der Waals surface area contributed by atoms with Crippen LogP contribution in [0.25, 0.3) is 0 Å². The molecule has 2 N–H and O–H groups in total. The van der Waals surface area contributed by atoms with Gasteiger partial charge in [-0.3, -0.25) is 9.59 Å². The van der Waals surface area contributed by atoms with Crippen molar-refractivity contribution in [3.05, 3.63) is 66.0 Å². The molecular weight excluding hydrogens is 333 g/mol. The molecule has 2 aromatic carbocycles. The maximum atomic E-state index is 12.8. The lowest BCUT2D eigenvalue weighted by atomic mass is 9.83. The van der Waals surface area contributed by atoms with Gasteiger partial charge < -0.3 is 5.32 Å². The van der Waals surface area contributed by atoms with E-state index in [9.17, 15) is 14.0 Å². The van der Waals surface area contributed by atoms with E-state index < -0.39 is 17.6 Å². The van der Waals surface area contributed by atoms with Crippen LogP contribution in [-0.4, -0.2) is 17.5 Å². The minimum Gasteiger partial charge on any atom is -0.318 e. The number of anilines is 1. The summed E-state index contributed by atoms with van der Waals surface area (Å²) < 4.78 is 12.8. The zero-order valence-corrected chi connectivity index (χ0v) is 14.2. The van der Waals surface area contributed by atoms with Crippen molar-refractivity contribution < 1.29 is 14.0 Å². The van der Waals surface area contributed by atoms with Crippen molar-refractivity contribution >= 4 is 23.2 Å². The monoisotopic (exact) mass is 353 g/mol. The molecule has 0 atom stereocenters. The van der Waals surface area contributed by atoms with E-state index in [2.05, 4.69) is 28.0 Å². The maximum absolute atomic E-state index is 12.8. The van der Waals surface area contributed by atoms with Gasteiger partial charge in [-0.15, -0.1) is 0 Å². The topological polar surface area (TPSA) is 70.6 Å². The summed E-state index contributed by atoms with van der Waals surface area (Å²) in [4.78, 5) is 23.7. The van der Waals surface area contributed by atoms with Gasteiger partial charge in [0.15, 0.2) is 0 Å². The van der Waals surface area contributed by atoms with Crippen LogP contribution in [-0.2, 0) is 9.59 Å². The molecule has 0 spiro atoms. The first-order valence-electron chi connectivity index (χ1n) is 8.59. The molecule has 134 valence electrons. The lowest BCUT2D eigenvalue weighted by molar-refractivity contribution is -0.136. The molecular formula is C20H20FN3O2. The molecule has 26 heavy (non-hydrogen) atoms. The number of hydrogen-bond acceptors (Lipinski definition) is 3. The molecule has 1 saturated carbocycles. The van der Waals surface area contributed by atoms with Crippen LogP contribution in [0.4, 0.5) is 10.1 Å². The fraction of sp³-hybridized carbons (Fsp3) is 0.250. The van der Waals surface area contributed by atoms with Crippen molar-refractivity contribution in [2.24, 2.45) is 5.10 Å². The van der Waals surface area contributed by atoms with E-state index in [4.69, 9.17) is 0 Å². The first kappa shape index (κ1) is 17.8. The van der Waals surface area contributed by atoms with Crippen LogP contribution in [0.3, 0.4) is 0 Å². The quantitative estimate of drug-likeness (QED) is 0.654. The largest absolute Gasteiger partial charge is 0.329 e. The molecule has 0 saturated heterocycles. The van der Waals surface area contributed by atoms with E-state index in [1.165, 1.54) is 29.8 Å². The van der Waals surface area contributed by atoms with Gasteiger partial charge in [0, 0.05) is 11.4 Å². The van der Waals surface area contributed by atoms with Crippen LogP contribution in [0.1, 0.15) is 37.2 Å². The smallest absolute Gasteiger partial charge is 0.318 e. The van der Waals surface area contributed by atoms with Crippen LogP contribution in [0.2, 0.25) is 0 Å². The van der Waals surface area contributed by atoms with Gasteiger partial charge >= 0.3 is 11.8 Å². The molecule has 0 aliphatic heterocycles. The second-order valence-corrected chi connectivity index (χ2v) is 6.26. The first-order chi connectivity index (χ1) is 12.6. The Kier molecular flexibility index (Phi) is 5.73. The lowest BCUT2D eigenvalue weighted by Gasteiger charge is -2.23. The number of nitrogens with one attached hydrogen (secondary N) is 2. The Bertz CT molecular complexity index is 794. The van der Waals surface area contributed by atoms with E-state index >= 15 is 0 Å². The molecule has 5 nitrogen and oxygen atoms in total. The van der Waals surface area contributed by atoms with E-state index in [1.54, 1.807) is 0 Å². The third kappa shape index (κ3) is 4.75. The molecule has 1 aliphatic carbocycles. The number of nitrogens with zero attached hydrogens (tertiary/aromatic N) is 1. The first-order valence-corrected chi connectivity index (χ1v) is 8.59. The fourth-order valence-electron chi connectivity index (χ4n) is 3.02. The average Bonchev–Trinajstić information content (AvgIpc) is 2.69. The Balaban J connectivity index is 1.48. The van der Waals surface area contributed by atoms with Crippen molar-refractivity contribution in [3.8, 4) is 0 Å². The lowest BCUT2D eigenvalue weighted by Crippen LogP contribution is -2.33. The highest BCUT2D eigenvalue weighted by Gasteiger charge is 2.20. The zero-order valence-electron chi connectivity index (χ0n) is 14.2. The van der Waals surface area contributed by atoms with Gasteiger partial charge in [-0.1, -0.05) is 30.3 Å². The summed E-state index contributed by atoms with van der Waals surface area (Å²) in [7, 11) is 0. The SMILES string of the molecule is O=C(NN=C1CCC(c2ccccc2)CC1)C(=O)Nc1ccc(F)cc1. The Morgan fingerprint density at radius 1 is 0.923 bits per heavy atom. The molecule has 1 aliphatic rings. The van der Waals surface area contributed by atoms with Crippen molar-refractivity contribution in [1.29, 1.82) is 0 Å². The fourth-order valence-corrected chi connectivity index (χ4v) is 3.02. The number of rotatable bonds is 3. The summed E-state index contributed by atoms with van der Waals surface area (Å²) >= 11 is 0. The van der Waals surface area contributed by atoms with E-state index in [0.29, 0.717) is 11.6 Å². The van der Waals surface area contributed by atoms with Crippen molar-refractivity contribution in [1.82, 2.24) is 5.43 Å². The minimum absolute atomic E-state index is 0.350. The average molecular weight is 353 g/mol. The number of halogens is 1. The number of amides is 2. The Labute approximate surface area is 151 Å². The van der Waals surface area contributed by atoms with E-state index in [-0.39, 0.29) is 0 Å². The zero-order chi connectivity index (χ0) is 18.4. The highest BCUT2D eigenvalue weighted by molar-refractivity contribution is 6.39. The normalized spacial score (nSPS) is 16.7. The van der Waals surface area contributed by atoms with E-state index in [0.717, 1.165) is 31.4 Å². The molecule has 0 unspecified atom stereocenters. The predicted molar refractivity (Wildman–Crippen MR) is 98.3 cm³/mol. The third-order valence-electron chi connectivity index (χ3n) is 4.46. The highest BCUT2D eigenvalue weighted by atomic mass is 19.1. The van der Waals surface area contributed by atoms with Gasteiger partial charge in [-0.2, -0.15) is 5.10 Å². The third-order valence-corrected chi connectivity index (χ3v) is 4.46. The van der Waals surface area contributed by atoms with Crippen molar-refractivity contribution in [3.63, 3.8) is 0 Å². The molecule has 0 heterocycles. The number of carbonyl (C=O) groups excluding carboxylic acids is 2. The van der Waals surface area contributed by atoms with Gasteiger partial charge in [0.2, 0.25) is 0 Å². The number of carbonyl (C=O) groups is 2. The number of benzene rings is 2. The van der Waals surface area contributed by atoms with Crippen molar-refractivity contribution in [2.75, 3.05) is 5.32 Å². The van der Waals surface area contributed by atoms with Crippen LogP contribution < -0.4 is 10.7 Å². The van der Waals surface area contributed by atoms with Crippen molar-refractivity contribution in [2.45, 2.75) is 31.6 Å². The Hall–Kier alpha value is -3.02. The van der Waals surface area contributed by atoms with Crippen LogP contribution >= 0.6 is 0 Å². The summed E-state index contributed by atoms with van der Waals surface area (Å²) in [6.07, 6.45) is 3.53. The van der Waals surface area contributed by atoms with E-state index in [1.807, 2.05) is 18.2 Å². The number of hydrogen-bond donors (Lipinski definition) is 2. The molecule has 2 aromatic rings. The molecule has 6 heteroatoms. The van der Waals surface area contributed by atoms with Crippen LogP contribution in [0.15, 0.2) is 59.7 Å². The predicted octanol–water partition coefficient (Wildman–Crippen LogP) is 3.59. The van der Waals surface area contributed by atoms with Crippen LogP contribution in [0, 0.1) is 5.82 Å². The summed E-state index contributed by atoms with van der Waals surface area (Å²) in [5.41, 5.74) is 4.87. The maximum Gasteiger partial charge on any atom is 0.329 e. The number of hydrazone groups is 1. The highest BCUT2D eigenvalue weighted by Crippen LogP contribution is 2.31. The Morgan fingerprint density at radius 3 is 2.23 bits per heavy atom. The molecule has 2 amide bonds. The minimum atomic E-state index is -0.841. The second kappa shape index (κ2) is 8.38. The summed E-state index contributed by atoms with van der Waals surface area (Å²) in [5.74, 6) is -1.58. The summed E-state index contributed by atoms with van der Waals surface area (Å²) in [6.45, 7) is 0. The van der Waals surface area contributed by atoms with Gasteiger partial charge in [-0.05, 0) is 61.4 Å². The molecule has 0 aromatic heterocycles. The second-order valence-electron chi connectivity index (χ2n) is 6.26. The standard InChI is InChI=1S/C20H20FN3O2/c21-16-8-12-17(13-9-16)22-19(25)20(26)24-23-18-10-6-15(7-11-18)14-4-2-1-3-5-14/h1-5,8-9,12-13,15H,6-7,10-11H2,(H,22,25)(H,24,26). The van der Waals surface area contributed by atoms with Gasteiger partial charge in [-0.25, -0.2) is 9.82 Å². The van der Waals surface area contributed by atoms with Gasteiger partial charge in [0.05, 0.1) is 0 Å². The molecule has 0 radical (unpaired) electrons. The Morgan fingerprint density at radius 2 is 1.58 bits per heavy atom. The van der Waals surface area contributed by atoms with Gasteiger partial charge in [0.1, 0.15) is 5.82 Å². The molecule has 0 bridgehead atoms.